The van der Waals surface area contributed by atoms with E-state index in [4.69, 9.17) is 11.3 Å². The molecule has 0 saturated heterocycles. The van der Waals surface area contributed by atoms with E-state index < -0.39 is 6.04 Å². The van der Waals surface area contributed by atoms with Crippen LogP contribution in [0.25, 0.3) is 60.6 Å². The molecule has 2 aromatic heterocycles. The van der Waals surface area contributed by atoms with Gasteiger partial charge in [-0.2, -0.15) is 0 Å². The first-order valence-electron chi connectivity index (χ1n) is 20.1. The first-order chi connectivity index (χ1) is 26.9. The van der Waals surface area contributed by atoms with Crippen LogP contribution in [0.2, 0.25) is 0 Å². The van der Waals surface area contributed by atoms with Crippen molar-refractivity contribution in [3.63, 3.8) is 0 Å². The van der Waals surface area contributed by atoms with Crippen molar-refractivity contribution in [2.24, 2.45) is 0 Å². The minimum absolute atomic E-state index is 0.0345. The van der Waals surface area contributed by atoms with Crippen LogP contribution in [0.1, 0.15) is 38.8 Å². The molecule has 0 atom stereocenters. The Morgan fingerprint density at radius 3 is 2.22 bits per heavy atom. The van der Waals surface area contributed by atoms with Gasteiger partial charge >= 0.3 is 0 Å². The van der Waals surface area contributed by atoms with Gasteiger partial charge in [-0.3, -0.25) is 0 Å². The molecule has 4 heterocycles. The molecule has 0 fully saturated rings. The fourth-order valence-electron chi connectivity index (χ4n) is 8.82. The summed E-state index contributed by atoms with van der Waals surface area (Å²) in [5.41, 5.74) is 14.6. The summed E-state index contributed by atoms with van der Waals surface area (Å²) in [5, 5.41) is 4.53. The zero-order chi connectivity index (χ0) is 38.5. The zero-order valence-corrected chi connectivity index (χ0v) is 28.8. The average molecular weight is 660 g/mol. The van der Waals surface area contributed by atoms with Gasteiger partial charge in [-0.05, 0) is 99.5 Å². The third-order valence-electron chi connectivity index (χ3n) is 11.0. The smallest absolute Gasteiger partial charge is 0.252 e. The van der Waals surface area contributed by atoms with E-state index in [0.29, 0.717) is 5.56 Å². The zero-order valence-electron chi connectivity index (χ0n) is 33.8. The van der Waals surface area contributed by atoms with Crippen LogP contribution in [0.15, 0.2) is 144 Å². The molecule has 0 radical (unpaired) electrons. The van der Waals surface area contributed by atoms with Crippen molar-refractivity contribution >= 4 is 83.9 Å². The normalized spacial score (nSPS) is 14.8. The molecule has 0 N–H and O–H groups in total. The van der Waals surface area contributed by atoms with Gasteiger partial charge in [0.05, 0.1) is 17.8 Å². The average Bonchev–Trinajstić information content (AvgIpc) is 3.74. The van der Waals surface area contributed by atoms with Crippen LogP contribution in [0.3, 0.4) is 0 Å². The number of furan rings is 1. The molecule has 2 aliphatic rings. The highest BCUT2D eigenvalue weighted by Crippen LogP contribution is 2.45. The van der Waals surface area contributed by atoms with Crippen LogP contribution in [0.4, 0.5) is 17.1 Å². The number of para-hydroxylation sites is 2. The van der Waals surface area contributed by atoms with Gasteiger partial charge in [0.25, 0.3) is 6.71 Å². The first-order valence-corrected chi connectivity index (χ1v) is 17.6. The molecule has 242 valence electrons. The van der Waals surface area contributed by atoms with Crippen LogP contribution in [0.5, 0.6) is 0 Å². The fourth-order valence-corrected chi connectivity index (χ4v) is 8.82. The van der Waals surface area contributed by atoms with Gasteiger partial charge in [0, 0.05) is 44.4 Å². The molecule has 0 aliphatic carbocycles. The number of hydrogen-bond acceptors (Lipinski definition) is 2. The van der Waals surface area contributed by atoms with E-state index in [1.807, 2.05) is 24.3 Å². The number of fused-ring (bicyclic) bond motifs is 11. The lowest BCUT2D eigenvalue weighted by Crippen LogP contribution is -2.60. The number of aryl methyl sites for hydroxylation is 1. The van der Waals surface area contributed by atoms with Crippen LogP contribution in [-0.2, 0) is 5.41 Å². The Balaban J connectivity index is 1.27. The van der Waals surface area contributed by atoms with E-state index in [1.54, 1.807) is 0 Å². The quantitative estimate of drug-likeness (QED) is 0.172. The van der Waals surface area contributed by atoms with E-state index in [1.165, 1.54) is 27.3 Å². The molecule has 3 nitrogen and oxygen atoms in total. The summed E-state index contributed by atoms with van der Waals surface area (Å²) >= 11 is 0. The van der Waals surface area contributed by atoms with Crippen molar-refractivity contribution in [2.75, 3.05) is 4.90 Å². The highest BCUT2D eigenvalue weighted by molar-refractivity contribution is 7.00. The summed E-state index contributed by atoms with van der Waals surface area (Å²) in [7, 11) is 0. The summed E-state index contributed by atoms with van der Waals surface area (Å²) in [6, 6.07) is 37.1. The first kappa shape index (κ1) is 24.2. The molecule has 4 heteroatoms. The maximum absolute atomic E-state index is 8.88. The monoisotopic (exact) mass is 659 g/mol. The van der Waals surface area contributed by atoms with Crippen molar-refractivity contribution < 1.29 is 11.3 Å². The largest absolute Gasteiger partial charge is 0.456 e. The Bertz CT molecular complexity index is 3180. The van der Waals surface area contributed by atoms with Gasteiger partial charge in [-0.25, -0.2) is 0 Å². The van der Waals surface area contributed by atoms with Gasteiger partial charge in [0.1, 0.15) is 11.2 Å². The topological polar surface area (TPSA) is 21.3 Å². The Kier molecular flexibility index (Phi) is 4.77. The third-order valence-corrected chi connectivity index (χ3v) is 11.0. The Morgan fingerprint density at radius 1 is 0.627 bits per heavy atom. The Morgan fingerprint density at radius 2 is 1.39 bits per heavy atom. The molecule has 9 aromatic rings. The standard InChI is InChI=1S/C47H35BN2O/c1-28-25-39-44-40(26-28)50-45-33(34-22-24-42-43(46(34)50)35-13-8-9-16-41(35)51-42)14-10-15-37(45)48(44)36-23-17-30(29-11-6-5-7-12-29)27-38(36)49(39)32-20-18-31(19-21-32)47(2,3)4/h5-27H,1-4H3/i5D,6D,7D,11D,12D. The number of aromatic nitrogens is 1. The van der Waals surface area contributed by atoms with Gasteiger partial charge in [0.15, 0.2) is 0 Å². The highest BCUT2D eigenvalue weighted by Gasteiger charge is 2.42. The molecule has 7 aromatic carbocycles. The number of hydrogen-bond donors (Lipinski definition) is 0. The van der Waals surface area contributed by atoms with E-state index in [9.17, 15) is 0 Å². The van der Waals surface area contributed by atoms with Crippen LogP contribution >= 0.6 is 0 Å². The molecule has 0 spiro atoms. The maximum Gasteiger partial charge on any atom is 0.252 e. The number of anilines is 3. The summed E-state index contributed by atoms with van der Waals surface area (Å²) in [5.74, 6) is 0. The Labute approximate surface area is 304 Å². The molecule has 0 bridgehead atoms. The lowest BCUT2D eigenvalue weighted by atomic mass is 9.33. The third kappa shape index (κ3) is 3.91. The number of nitrogens with zero attached hydrogens (tertiary/aromatic N) is 2. The van der Waals surface area contributed by atoms with Crippen LogP contribution < -0.4 is 21.3 Å². The minimum Gasteiger partial charge on any atom is -0.456 e. The van der Waals surface area contributed by atoms with Gasteiger partial charge in [-0.1, -0.05) is 112 Å². The van der Waals surface area contributed by atoms with E-state index in [-0.39, 0.29) is 41.9 Å². The predicted octanol–water partition coefficient (Wildman–Crippen LogP) is 10.6. The molecular formula is C47H35BN2O. The molecule has 0 amide bonds. The molecular weight excluding hydrogens is 619 g/mol. The van der Waals surface area contributed by atoms with Crippen molar-refractivity contribution in [3.05, 3.63) is 151 Å². The fraction of sp³-hybridized carbons (Fsp3) is 0.106. The van der Waals surface area contributed by atoms with Crippen molar-refractivity contribution in [3.8, 4) is 16.8 Å². The van der Waals surface area contributed by atoms with Crippen LogP contribution in [-0.4, -0.2) is 11.3 Å². The van der Waals surface area contributed by atoms with Crippen molar-refractivity contribution in [1.29, 1.82) is 0 Å². The summed E-state index contributed by atoms with van der Waals surface area (Å²) in [6.45, 7) is 8.66. The van der Waals surface area contributed by atoms with Gasteiger partial charge < -0.3 is 13.9 Å². The summed E-state index contributed by atoms with van der Waals surface area (Å²) in [4.78, 5) is 2.31. The maximum atomic E-state index is 8.88. The van der Waals surface area contributed by atoms with Crippen molar-refractivity contribution in [1.82, 2.24) is 4.57 Å². The van der Waals surface area contributed by atoms with Crippen LogP contribution in [0, 0.1) is 6.92 Å². The van der Waals surface area contributed by atoms with E-state index in [0.717, 1.165) is 66.7 Å². The predicted molar refractivity (Wildman–Crippen MR) is 216 cm³/mol. The Hall–Kier alpha value is -6.00. The molecule has 0 saturated carbocycles. The second-order valence-corrected chi connectivity index (χ2v) is 15.1. The molecule has 2 aliphatic heterocycles. The van der Waals surface area contributed by atoms with Gasteiger partial charge in [0.2, 0.25) is 0 Å². The van der Waals surface area contributed by atoms with E-state index in [2.05, 4.69) is 122 Å². The second-order valence-electron chi connectivity index (χ2n) is 15.1. The SMILES string of the molecule is [2H]c1c([2H])c([2H])c(-c2ccc3c(c2)N(c2ccc(C(C)(C)C)cc2)c2cc(C)cc4c2B3c2cccc3c5ccc6oc7ccccc7c6c5n-4c23)c([2H])c1[2H]. The summed E-state index contributed by atoms with van der Waals surface area (Å²) in [6.07, 6.45) is 0. The van der Waals surface area contributed by atoms with Crippen molar-refractivity contribution in [2.45, 2.75) is 33.1 Å². The minimum atomic E-state index is -0.398. The molecule has 11 rings (SSSR count). The molecule has 51 heavy (non-hydrogen) atoms. The highest BCUT2D eigenvalue weighted by atomic mass is 16.3. The summed E-state index contributed by atoms with van der Waals surface area (Å²) < 4.78 is 51.9. The number of rotatable bonds is 2. The number of benzene rings is 7. The van der Waals surface area contributed by atoms with E-state index >= 15 is 0 Å². The lowest BCUT2D eigenvalue weighted by Gasteiger charge is -2.41. The lowest BCUT2D eigenvalue weighted by molar-refractivity contribution is 0.590. The molecule has 0 unspecified atom stereocenters. The second kappa shape index (κ2) is 10.0. The van der Waals surface area contributed by atoms with Gasteiger partial charge in [-0.15, -0.1) is 0 Å².